The van der Waals surface area contributed by atoms with E-state index < -0.39 is 0 Å². The van der Waals surface area contributed by atoms with Crippen LogP contribution < -0.4 is 20.8 Å². The lowest BCUT2D eigenvalue weighted by Crippen LogP contribution is -2.25. The van der Waals surface area contributed by atoms with Crippen LogP contribution in [0.3, 0.4) is 0 Å². The Bertz CT molecular complexity index is 798. The molecule has 5 nitrogen and oxygen atoms in total. The van der Waals surface area contributed by atoms with Crippen molar-refractivity contribution in [3.8, 4) is 11.5 Å². The fourth-order valence-electron chi connectivity index (χ4n) is 3.47. The molecule has 0 fully saturated rings. The molecule has 150 valence electrons. The zero-order chi connectivity index (χ0) is 19.8. The van der Waals surface area contributed by atoms with Crippen molar-refractivity contribution < 1.29 is 9.47 Å². The normalized spacial score (nSPS) is 12.3. The first-order chi connectivity index (χ1) is 13.0. The zero-order valence-electron chi connectivity index (χ0n) is 17.2. The summed E-state index contributed by atoms with van der Waals surface area (Å²) in [6.07, 6.45) is 6.55. The first kappa shape index (κ1) is 21.1. The van der Waals surface area contributed by atoms with Crippen molar-refractivity contribution in [2.75, 3.05) is 19.5 Å². The molecule has 1 aromatic carbocycles. The van der Waals surface area contributed by atoms with E-state index in [1.807, 2.05) is 18.2 Å². The second kappa shape index (κ2) is 10.2. The molecule has 2 rings (SSSR count). The highest BCUT2D eigenvalue weighted by molar-refractivity contribution is 5.90. The number of aromatic nitrogens is 1. The number of anilines is 1. The summed E-state index contributed by atoms with van der Waals surface area (Å²) in [4.78, 5) is 13.2. The summed E-state index contributed by atoms with van der Waals surface area (Å²) in [5.74, 6) is 1.20. The van der Waals surface area contributed by atoms with Gasteiger partial charge in [0.2, 0.25) is 5.75 Å². The molecule has 1 aromatic heterocycles. The molecule has 0 aliphatic rings. The molecule has 1 unspecified atom stereocenters. The maximum Gasteiger partial charge on any atom is 0.297 e. The minimum absolute atomic E-state index is 0.134. The topological polar surface area (TPSA) is 66.5 Å². The van der Waals surface area contributed by atoms with Gasteiger partial charge in [-0.15, -0.1) is 0 Å². The first-order valence-electron chi connectivity index (χ1n) is 10.2. The molecule has 0 radical (unpaired) electrons. The van der Waals surface area contributed by atoms with Crippen LogP contribution in [0.25, 0.3) is 10.9 Å². The minimum atomic E-state index is -0.134. The second-order valence-electron chi connectivity index (χ2n) is 7.36. The third-order valence-electron chi connectivity index (χ3n) is 4.94. The van der Waals surface area contributed by atoms with Crippen LogP contribution >= 0.6 is 0 Å². The van der Waals surface area contributed by atoms with Gasteiger partial charge in [0.1, 0.15) is 0 Å². The largest absolute Gasteiger partial charge is 0.492 e. The molecule has 0 bridgehead atoms. The van der Waals surface area contributed by atoms with Crippen molar-refractivity contribution in [2.45, 2.75) is 65.8 Å². The van der Waals surface area contributed by atoms with Crippen LogP contribution in [0.4, 0.5) is 5.69 Å². The Labute approximate surface area is 162 Å². The second-order valence-corrected chi connectivity index (χ2v) is 7.36. The van der Waals surface area contributed by atoms with E-state index in [-0.39, 0.29) is 5.56 Å². The van der Waals surface area contributed by atoms with Gasteiger partial charge in [-0.05, 0) is 37.0 Å². The lowest BCUT2D eigenvalue weighted by molar-refractivity contribution is 0.236. The summed E-state index contributed by atoms with van der Waals surface area (Å²) in [6.45, 7) is 7.64. The van der Waals surface area contributed by atoms with E-state index in [1.54, 1.807) is 11.7 Å². The Balaban J connectivity index is 2.48. The molecular formula is C22H34N2O3. The molecule has 27 heavy (non-hydrogen) atoms. The fraction of sp³-hybridized carbons (Fsp3) is 0.591. The van der Waals surface area contributed by atoms with Gasteiger partial charge in [-0.2, -0.15) is 0 Å². The Morgan fingerprint density at radius 2 is 1.89 bits per heavy atom. The van der Waals surface area contributed by atoms with Crippen molar-refractivity contribution >= 4 is 16.6 Å². The number of methoxy groups -OCH3 is 1. The van der Waals surface area contributed by atoms with Gasteiger partial charge in [0.05, 0.1) is 19.2 Å². The molecule has 2 N–H and O–H groups in total. The van der Waals surface area contributed by atoms with Crippen molar-refractivity contribution in [3.05, 3.63) is 28.6 Å². The lowest BCUT2D eigenvalue weighted by atomic mass is 10.1. The molecule has 0 saturated carbocycles. The van der Waals surface area contributed by atoms with E-state index in [4.69, 9.17) is 15.2 Å². The van der Waals surface area contributed by atoms with Crippen LogP contribution in [0, 0.1) is 5.92 Å². The van der Waals surface area contributed by atoms with Crippen LogP contribution in [0.2, 0.25) is 0 Å². The number of pyridine rings is 1. The molecule has 5 heteroatoms. The maximum atomic E-state index is 13.2. The Morgan fingerprint density at radius 1 is 1.11 bits per heavy atom. The Hall–Kier alpha value is -2.17. The number of nitrogen functional groups attached to an aromatic ring is 1. The molecule has 1 heterocycles. The molecule has 0 spiro atoms. The van der Waals surface area contributed by atoms with Crippen molar-refractivity contribution in [2.24, 2.45) is 5.92 Å². The summed E-state index contributed by atoms with van der Waals surface area (Å²) in [5.41, 5.74) is 7.30. The van der Waals surface area contributed by atoms with Crippen LogP contribution in [0.1, 0.15) is 59.3 Å². The third kappa shape index (κ3) is 5.18. The quantitative estimate of drug-likeness (QED) is 0.444. The number of rotatable bonds is 11. The number of hydrogen-bond acceptors (Lipinski definition) is 4. The highest BCUT2D eigenvalue weighted by atomic mass is 16.5. The summed E-state index contributed by atoms with van der Waals surface area (Å²) < 4.78 is 13.4. The average Bonchev–Trinajstić information content (AvgIpc) is 2.65. The number of ether oxygens (including phenoxy) is 2. The van der Waals surface area contributed by atoms with Crippen LogP contribution in [0.15, 0.2) is 23.0 Å². The monoisotopic (exact) mass is 374 g/mol. The Morgan fingerprint density at radius 3 is 2.56 bits per heavy atom. The van der Waals surface area contributed by atoms with Gasteiger partial charge in [-0.25, -0.2) is 0 Å². The van der Waals surface area contributed by atoms with E-state index in [9.17, 15) is 4.79 Å². The zero-order valence-corrected chi connectivity index (χ0v) is 17.2. The lowest BCUT2D eigenvalue weighted by Gasteiger charge is -2.19. The van der Waals surface area contributed by atoms with Gasteiger partial charge >= 0.3 is 0 Å². The highest BCUT2D eigenvalue weighted by Gasteiger charge is 2.20. The molecule has 0 amide bonds. The number of aryl methyl sites for hydroxylation is 1. The van der Waals surface area contributed by atoms with Gasteiger partial charge in [-0.1, -0.05) is 46.5 Å². The van der Waals surface area contributed by atoms with Gasteiger partial charge < -0.3 is 19.8 Å². The number of nitrogens with zero attached hydrogens (tertiary/aromatic N) is 1. The predicted octanol–water partition coefficient (Wildman–Crippen LogP) is 4.99. The summed E-state index contributed by atoms with van der Waals surface area (Å²) >= 11 is 0. The van der Waals surface area contributed by atoms with Gasteiger partial charge in [0.25, 0.3) is 5.56 Å². The van der Waals surface area contributed by atoms with Crippen LogP contribution in [-0.4, -0.2) is 18.3 Å². The van der Waals surface area contributed by atoms with Gasteiger partial charge in [0, 0.05) is 17.6 Å². The molecule has 0 aliphatic carbocycles. The number of unbranched alkanes of at least 4 members (excludes halogenated alkanes) is 3. The van der Waals surface area contributed by atoms with E-state index >= 15 is 0 Å². The van der Waals surface area contributed by atoms with E-state index in [2.05, 4.69) is 20.8 Å². The van der Waals surface area contributed by atoms with Crippen LogP contribution in [0.5, 0.6) is 11.5 Å². The third-order valence-corrected chi connectivity index (χ3v) is 4.94. The van der Waals surface area contributed by atoms with Gasteiger partial charge in [-0.3, -0.25) is 4.79 Å². The summed E-state index contributed by atoms with van der Waals surface area (Å²) in [6, 6.07) is 5.59. The smallest absolute Gasteiger partial charge is 0.297 e. The number of benzene rings is 1. The van der Waals surface area contributed by atoms with Crippen molar-refractivity contribution in [1.29, 1.82) is 0 Å². The standard InChI is InChI=1S/C22H34N2O3/c1-5-7-8-9-13-24-19-14-17(23)11-12-18(19)20(26-4)21(22(24)25)27-15-16(3)10-6-2/h11-12,14,16H,5-10,13,15,23H2,1-4H3. The summed E-state index contributed by atoms with van der Waals surface area (Å²) in [5, 5.41) is 0.861. The summed E-state index contributed by atoms with van der Waals surface area (Å²) in [7, 11) is 1.58. The minimum Gasteiger partial charge on any atom is -0.492 e. The predicted molar refractivity (Wildman–Crippen MR) is 113 cm³/mol. The number of hydrogen-bond donors (Lipinski definition) is 1. The van der Waals surface area contributed by atoms with Crippen LogP contribution in [-0.2, 0) is 6.54 Å². The average molecular weight is 375 g/mol. The molecule has 0 aliphatic heterocycles. The number of nitrogens with two attached hydrogens (primary N) is 1. The molecule has 1 atom stereocenters. The molecule has 0 saturated heterocycles. The molecule has 2 aromatic rings. The van der Waals surface area contributed by atoms with E-state index in [0.29, 0.717) is 36.3 Å². The highest BCUT2D eigenvalue weighted by Crippen LogP contribution is 2.34. The SMILES string of the molecule is CCCCCCn1c(=O)c(OCC(C)CCC)c(OC)c2ccc(N)cc21. The van der Waals surface area contributed by atoms with E-state index in [0.717, 1.165) is 43.0 Å². The Kier molecular flexibility index (Phi) is 8.01. The van der Waals surface area contributed by atoms with Crippen molar-refractivity contribution in [3.63, 3.8) is 0 Å². The van der Waals surface area contributed by atoms with Crippen molar-refractivity contribution in [1.82, 2.24) is 4.57 Å². The maximum absolute atomic E-state index is 13.2. The number of fused-ring (bicyclic) bond motifs is 1. The van der Waals surface area contributed by atoms with E-state index in [1.165, 1.54) is 6.42 Å². The molecular weight excluding hydrogens is 340 g/mol. The fourth-order valence-corrected chi connectivity index (χ4v) is 3.47. The van der Waals surface area contributed by atoms with Gasteiger partial charge in [0.15, 0.2) is 5.75 Å². The first-order valence-corrected chi connectivity index (χ1v) is 10.2.